The van der Waals surface area contributed by atoms with E-state index < -0.39 is 71.8 Å². The first-order valence-electron chi connectivity index (χ1n) is 19.4. The maximum absolute atomic E-state index is 13.9. The van der Waals surface area contributed by atoms with Crippen LogP contribution in [0, 0.1) is 17.8 Å². The second-order valence-corrected chi connectivity index (χ2v) is 15.7. The lowest BCUT2D eigenvalue weighted by Crippen LogP contribution is -2.60. The Morgan fingerprint density at radius 2 is 1.11 bits per heavy atom. The van der Waals surface area contributed by atoms with Crippen molar-refractivity contribution in [3.05, 3.63) is 0 Å². The van der Waals surface area contributed by atoms with Crippen molar-refractivity contribution in [1.82, 2.24) is 26.6 Å². The number of ketones is 1. The second kappa shape index (κ2) is 28.2. The molecule has 0 fully saturated rings. The van der Waals surface area contributed by atoms with Crippen LogP contribution in [0.4, 0.5) is 0 Å². The normalized spacial score (nSPS) is 15.3. The van der Waals surface area contributed by atoms with Gasteiger partial charge in [-0.25, -0.2) is 0 Å². The van der Waals surface area contributed by atoms with Crippen LogP contribution in [-0.2, 0) is 33.6 Å². The molecule has 0 saturated carbocycles. The molecule has 0 radical (unpaired) electrons. The summed E-state index contributed by atoms with van der Waals surface area (Å²) < 4.78 is 0. The summed E-state index contributed by atoms with van der Waals surface area (Å²) in [6, 6.07) is -6.11. The van der Waals surface area contributed by atoms with E-state index in [2.05, 4.69) is 26.6 Å². The number of thioether (sulfide) groups is 1. The molecular formula is C37H70N8O8S. The lowest BCUT2D eigenvalue weighted by Gasteiger charge is -2.29. The van der Waals surface area contributed by atoms with Gasteiger partial charge in [0.2, 0.25) is 29.5 Å². The third-order valence-electron chi connectivity index (χ3n) is 9.14. The van der Waals surface area contributed by atoms with E-state index in [0.29, 0.717) is 57.4 Å². The molecule has 7 unspecified atom stereocenters. The number of amides is 5. The molecule has 0 aliphatic rings. The number of hydrogen-bond donors (Lipinski definition) is 9. The number of carbonyl (C=O) groups is 7. The average Bonchev–Trinajstić information content (AvgIpc) is 3.12. The van der Waals surface area contributed by atoms with Gasteiger partial charge in [0.25, 0.3) is 0 Å². The van der Waals surface area contributed by atoms with Crippen LogP contribution in [0.25, 0.3) is 0 Å². The summed E-state index contributed by atoms with van der Waals surface area (Å²) in [7, 11) is 0. The molecule has 0 aliphatic carbocycles. The Morgan fingerprint density at radius 3 is 1.56 bits per heavy atom. The van der Waals surface area contributed by atoms with Gasteiger partial charge in [0.15, 0.2) is 5.78 Å². The summed E-state index contributed by atoms with van der Waals surface area (Å²) in [6.45, 7) is 11.7. The van der Waals surface area contributed by atoms with Crippen LogP contribution < -0.4 is 43.8 Å². The molecule has 0 spiro atoms. The van der Waals surface area contributed by atoms with E-state index >= 15 is 0 Å². The Balaban J connectivity index is 6.31. The first kappa shape index (κ1) is 50.7. The molecule has 0 aromatic heterocycles. The molecule has 0 saturated heterocycles. The van der Waals surface area contributed by atoms with Crippen molar-refractivity contribution >= 4 is 53.1 Å². The average molecular weight is 787 g/mol. The highest BCUT2D eigenvalue weighted by Crippen LogP contribution is 2.14. The number of rotatable bonds is 30. The van der Waals surface area contributed by atoms with Crippen LogP contribution in [0.15, 0.2) is 0 Å². The van der Waals surface area contributed by atoms with E-state index in [1.165, 1.54) is 0 Å². The van der Waals surface area contributed by atoms with Crippen molar-refractivity contribution in [2.45, 2.75) is 148 Å². The van der Waals surface area contributed by atoms with Crippen molar-refractivity contribution in [2.75, 3.05) is 25.1 Å². The number of unbranched alkanes of at least 4 members (excludes halogenated alkanes) is 2. The van der Waals surface area contributed by atoms with Crippen LogP contribution in [0.3, 0.4) is 0 Å². The fourth-order valence-electron chi connectivity index (χ4n) is 5.60. The highest BCUT2D eigenvalue weighted by molar-refractivity contribution is 7.98. The number of carbonyl (C=O) groups excluding carboxylic acids is 6. The van der Waals surface area contributed by atoms with Gasteiger partial charge in [-0.3, -0.25) is 33.6 Å². The standard InChI is InChI=1S/C37H70N8O8S/c1-8-24(6)31(45-33(49)25(40)15-16-30(46)47)37(53)43-28(14-10-12-19-39)34(50)42-27(13-9-11-18-38)35(51)44-29(21-22(2)3)36(52)41-26(17-20-54-7)32(48)23(4)5/h22-29,31H,8-21,38-40H2,1-7H3,(H,41,52)(H,42,50)(H,43,53)(H,44,51)(H,45,49)(H,46,47). The Morgan fingerprint density at radius 1 is 0.630 bits per heavy atom. The molecule has 0 aliphatic heterocycles. The zero-order valence-electron chi connectivity index (χ0n) is 33.5. The van der Waals surface area contributed by atoms with Gasteiger partial charge in [-0.2, -0.15) is 11.8 Å². The van der Waals surface area contributed by atoms with E-state index in [9.17, 15) is 33.6 Å². The molecule has 17 heteroatoms. The summed E-state index contributed by atoms with van der Waals surface area (Å²) in [4.78, 5) is 91.8. The highest BCUT2D eigenvalue weighted by Gasteiger charge is 2.34. The fraction of sp³-hybridized carbons (Fsp3) is 0.811. The van der Waals surface area contributed by atoms with Gasteiger partial charge in [0, 0.05) is 12.3 Å². The predicted molar refractivity (Wildman–Crippen MR) is 212 cm³/mol. The van der Waals surface area contributed by atoms with Crippen molar-refractivity contribution in [3.63, 3.8) is 0 Å². The van der Waals surface area contributed by atoms with Gasteiger partial charge in [0.05, 0.1) is 12.1 Å². The Labute approximate surface area is 326 Å². The maximum Gasteiger partial charge on any atom is 0.303 e. The number of carboxylic acids is 1. The SMILES string of the molecule is CCC(C)C(NC(=O)C(N)CCC(=O)O)C(=O)NC(CCCCN)C(=O)NC(CCCCN)C(=O)NC(CC(C)C)C(=O)NC(CCSC)C(=O)C(C)C. The molecule has 0 rings (SSSR count). The number of hydrogen-bond acceptors (Lipinski definition) is 11. The number of nitrogens with two attached hydrogens (primary N) is 3. The van der Waals surface area contributed by atoms with E-state index in [-0.39, 0.29) is 55.6 Å². The van der Waals surface area contributed by atoms with Gasteiger partial charge in [0.1, 0.15) is 24.2 Å². The molecule has 0 aromatic rings. The van der Waals surface area contributed by atoms with Crippen molar-refractivity contribution < 1.29 is 38.7 Å². The number of nitrogens with one attached hydrogen (secondary N) is 5. The quantitative estimate of drug-likeness (QED) is 0.0460. The molecule has 0 heterocycles. The largest absolute Gasteiger partial charge is 0.481 e. The number of carboxylic acid groups (broad SMARTS) is 1. The van der Waals surface area contributed by atoms with E-state index in [1.807, 2.05) is 27.0 Å². The third-order valence-corrected chi connectivity index (χ3v) is 9.78. The summed E-state index contributed by atoms with van der Waals surface area (Å²) in [5, 5.41) is 22.8. The van der Waals surface area contributed by atoms with Crippen LogP contribution in [0.1, 0.15) is 112 Å². The predicted octanol–water partition coefficient (Wildman–Crippen LogP) is 0.931. The van der Waals surface area contributed by atoms with Crippen LogP contribution in [-0.4, -0.2) is 108 Å². The molecular weight excluding hydrogens is 717 g/mol. The molecule has 7 atom stereocenters. The summed E-state index contributed by atoms with van der Waals surface area (Å²) >= 11 is 1.56. The molecule has 0 aromatic carbocycles. The van der Waals surface area contributed by atoms with Gasteiger partial charge in [-0.05, 0) is 94.7 Å². The van der Waals surface area contributed by atoms with Crippen LogP contribution in [0.5, 0.6) is 0 Å². The first-order valence-corrected chi connectivity index (χ1v) is 20.7. The maximum atomic E-state index is 13.9. The lowest BCUT2D eigenvalue weighted by molar-refractivity contribution is -0.137. The van der Waals surface area contributed by atoms with E-state index in [0.717, 1.165) is 0 Å². The number of Topliss-reactive ketones (excluding diaryl/α,β-unsaturated/α-hetero) is 1. The zero-order chi connectivity index (χ0) is 41.4. The second-order valence-electron chi connectivity index (χ2n) is 14.7. The monoisotopic (exact) mass is 787 g/mol. The molecule has 54 heavy (non-hydrogen) atoms. The lowest BCUT2D eigenvalue weighted by atomic mass is 9.96. The van der Waals surface area contributed by atoms with Gasteiger partial charge < -0.3 is 48.9 Å². The Hall–Kier alpha value is -3.28. The smallest absolute Gasteiger partial charge is 0.303 e. The van der Waals surface area contributed by atoms with E-state index in [1.54, 1.807) is 32.5 Å². The Kier molecular flexibility index (Phi) is 26.5. The van der Waals surface area contributed by atoms with Crippen molar-refractivity contribution in [1.29, 1.82) is 0 Å². The highest BCUT2D eigenvalue weighted by atomic mass is 32.2. The summed E-state index contributed by atoms with van der Waals surface area (Å²) in [6.07, 6.45) is 5.18. The summed E-state index contributed by atoms with van der Waals surface area (Å²) in [5.41, 5.74) is 17.3. The van der Waals surface area contributed by atoms with Gasteiger partial charge >= 0.3 is 5.97 Å². The first-order chi connectivity index (χ1) is 25.4. The molecule has 12 N–H and O–H groups in total. The molecule has 16 nitrogen and oxygen atoms in total. The van der Waals surface area contributed by atoms with E-state index in [4.69, 9.17) is 22.3 Å². The zero-order valence-corrected chi connectivity index (χ0v) is 34.4. The molecule has 0 bridgehead atoms. The minimum atomic E-state index is -1.16. The van der Waals surface area contributed by atoms with Gasteiger partial charge in [-0.1, -0.05) is 48.0 Å². The minimum Gasteiger partial charge on any atom is -0.481 e. The minimum absolute atomic E-state index is 0.00425. The Bertz CT molecular complexity index is 1190. The molecule has 5 amide bonds. The summed E-state index contributed by atoms with van der Waals surface area (Å²) in [5.74, 6) is -4.26. The number of aliphatic carboxylic acids is 1. The van der Waals surface area contributed by atoms with Crippen LogP contribution in [0.2, 0.25) is 0 Å². The van der Waals surface area contributed by atoms with Crippen LogP contribution >= 0.6 is 11.8 Å². The van der Waals surface area contributed by atoms with Crippen molar-refractivity contribution in [2.24, 2.45) is 35.0 Å². The van der Waals surface area contributed by atoms with Gasteiger partial charge in [-0.15, -0.1) is 0 Å². The topological polar surface area (TPSA) is 278 Å². The van der Waals surface area contributed by atoms with Crippen molar-refractivity contribution in [3.8, 4) is 0 Å². The fourth-order valence-corrected chi connectivity index (χ4v) is 6.07. The third kappa shape index (κ3) is 20.4. The molecule has 312 valence electrons.